The highest BCUT2D eigenvalue weighted by Crippen LogP contribution is 2.54. The number of fused-ring (bicyclic) bond motifs is 1. The quantitative estimate of drug-likeness (QED) is 0.680. The molecule has 0 unspecified atom stereocenters. The summed E-state index contributed by atoms with van der Waals surface area (Å²) in [5, 5.41) is 0. The zero-order chi connectivity index (χ0) is 10.5. The van der Waals surface area contributed by atoms with Crippen LogP contribution in [0.15, 0.2) is 18.2 Å². The first kappa shape index (κ1) is 9.14. The van der Waals surface area contributed by atoms with Crippen LogP contribution >= 0.6 is 0 Å². The van der Waals surface area contributed by atoms with E-state index in [4.69, 9.17) is 0 Å². The second-order valence-electron chi connectivity index (χ2n) is 4.95. The molecule has 15 heavy (non-hydrogen) atoms. The number of rotatable bonds is 1. The predicted molar refractivity (Wildman–Crippen MR) is 60.1 cm³/mol. The summed E-state index contributed by atoms with van der Waals surface area (Å²) < 4.78 is 0. The summed E-state index contributed by atoms with van der Waals surface area (Å²) in [6, 6.07) is 6.44. The number of hydrogen-bond donors (Lipinski definition) is 0. The van der Waals surface area contributed by atoms with Gasteiger partial charge in [-0.3, -0.25) is 4.79 Å². The van der Waals surface area contributed by atoms with Crippen molar-refractivity contribution in [3.8, 4) is 0 Å². The number of ketones is 1. The first-order valence-corrected chi connectivity index (χ1v) is 5.92. The molecule has 1 saturated carbocycles. The Bertz CT molecular complexity index is 427. The molecule has 1 fully saturated rings. The van der Waals surface area contributed by atoms with Gasteiger partial charge in [-0.15, -0.1) is 0 Å². The molecule has 1 heteroatoms. The molecule has 2 aliphatic carbocycles. The SMILES string of the molecule is CCc1ccc2c(c1)C(=O)C1(CC2)CC1. The van der Waals surface area contributed by atoms with Crippen LogP contribution in [0, 0.1) is 5.41 Å². The van der Waals surface area contributed by atoms with Gasteiger partial charge in [0.15, 0.2) is 5.78 Å². The van der Waals surface area contributed by atoms with Gasteiger partial charge in [-0.25, -0.2) is 0 Å². The first-order chi connectivity index (χ1) is 7.25. The van der Waals surface area contributed by atoms with Crippen LogP contribution in [0.3, 0.4) is 0 Å². The van der Waals surface area contributed by atoms with Crippen LogP contribution in [0.4, 0.5) is 0 Å². The Hall–Kier alpha value is -1.11. The minimum atomic E-state index is 0.0827. The molecule has 1 aromatic rings. The molecule has 0 saturated heterocycles. The third-order valence-electron chi connectivity index (χ3n) is 4.04. The Balaban J connectivity index is 2.08. The van der Waals surface area contributed by atoms with E-state index in [1.165, 1.54) is 11.1 Å². The van der Waals surface area contributed by atoms with Gasteiger partial charge in [-0.05, 0) is 49.3 Å². The maximum absolute atomic E-state index is 12.3. The van der Waals surface area contributed by atoms with Crippen molar-refractivity contribution >= 4 is 5.78 Å². The molecule has 0 bridgehead atoms. The fraction of sp³-hybridized carbons (Fsp3) is 0.500. The molecule has 2 aliphatic rings. The van der Waals surface area contributed by atoms with Crippen molar-refractivity contribution in [3.63, 3.8) is 0 Å². The Labute approximate surface area is 90.5 Å². The average Bonchev–Trinajstić information content (AvgIpc) is 3.05. The van der Waals surface area contributed by atoms with Gasteiger partial charge in [0.05, 0.1) is 0 Å². The van der Waals surface area contributed by atoms with E-state index in [1.54, 1.807) is 0 Å². The fourth-order valence-corrected chi connectivity index (χ4v) is 2.67. The van der Waals surface area contributed by atoms with Gasteiger partial charge in [0.25, 0.3) is 0 Å². The van der Waals surface area contributed by atoms with Gasteiger partial charge in [-0.2, -0.15) is 0 Å². The largest absolute Gasteiger partial charge is 0.294 e. The minimum absolute atomic E-state index is 0.0827. The smallest absolute Gasteiger partial charge is 0.169 e. The zero-order valence-corrected chi connectivity index (χ0v) is 9.18. The number of Topliss-reactive ketones (excluding diaryl/α,β-unsaturated/α-hetero) is 1. The van der Waals surface area contributed by atoms with Gasteiger partial charge in [0, 0.05) is 11.0 Å². The number of carbonyl (C=O) groups excluding carboxylic acids is 1. The van der Waals surface area contributed by atoms with E-state index in [0.717, 1.165) is 37.7 Å². The summed E-state index contributed by atoms with van der Waals surface area (Å²) in [5.41, 5.74) is 3.67. The third kappa shape index (κ3) is 1.26. The molecule has 3 rings (SSSR count). The van der Waals surface area contributed by atoms with E-state index in [-0.39, 0.29) is 5.41 Å². The maximum Gasteiger partial charge on any atom is 0.169 e. The van der Waals surface area contributed by atoms with Crippen LogP contribution in [0.2, 0.25) is 0 Å². The van der Waals surface area contributed by atoms with E-state index in [1.807, 2.05) is 0 Å². The summed E-state index contributed by atoms with van der Waals surface area (Å²) in [4.78, 5) is 12.3. The van der Waals surface area contributed by atoms with E-state index < -0.39 is 0 Å². The highest BCUT2D eigenvalue weighted by atomic mass is 16.1. The van der Waals surface area contributed by atoms with Crippen molar-refractivity contribution in [3.05, 3.63) is 34.9 Å². The van der Waals surface area contributed by atoms with Crippen molar-refractivity contribution in [2.24, 2.45) is 5.41 Å². The molecule has 1 spiro atoms. The molecule has 0 radical (unpaired) electrons. The van der Waals surface area contributed by atoms with E-state index in [2.05, 4.69) is 25.1 Å². The predicted octanol–water partition coefficient (Wildman–Crippen LogP) is 3.16. The van der Waals surface area contributed by atoms with Crippen LogP contribution in [0.1, 0.15) is 47.7 Å². The topological polar surface area (TPSA) is 17.1 Å². The van der Waals surface area contributed by atoms with E-state index >= 15 is 0 Å². The highest BCUT2D eigenvalue weighted by Gasteiger charge is 2.51. The van der Waals surface area contributed by atoms with Crippen LogP contribution < -0.4 is 0 Å². The van der Waals surface area contributed by atoms with Gasteiger partial charge < -0.3 is 0 Å². The first-order valence-electron chi connectivity index (χ1n) is 5.92. The van der Waals surface area contributed by atoms with Crippen molar-refractivity contribution in [2.75, 3.05) is 0 Å². The van der Waals surface area contributed by atoms with Gasteiger partial charge >= 0.3 is 0 Å². The lowest BCUT2D eigenvalue weighted by molar-refractivity contribution is 0.0880. The summed E-state index contributed by atoms with van der Waals surface area (Å²) in [5.74, 6) is 0.430. The minimum Gasteiger partial charge on any atom is -0.294 e. The lowest BCUT2D eigenvalue weighted by Gasteiger charge is -2.23. The molecule has 1 nitrogen and oxygen atoms in total. The molecular weight excluding hydrogens is 184 g/mol. The van der Waals surface area contributed by atoms with Gasteiger partial charge in [-0.1, -0.05) is 19.1 Å². The van der Waals surface area contributed by atoms with Gasteiger partial charge in [0.1, 0.15) is 0 Å². The molecule has 0 aliphatic heterocycles. The highest BCUT2D eigenvalue weighted by molar-refractivity contribution is 6.04. The molecule has 78 valence electrons. The van der Waals surface area contributed by atoms with Crippen LogP contribution in [-0.4, -0.2) is 5.78 Å². The molecule has 0 aromatic heterocycles. The fourth-order valence-electron chi connectivity index (χ4n) is 2.67. The molecule has 0 heterocycles. The van der Waals surface area contributed by atoms with Crippen molar-refractivity contribution < 1.29 is 4.79 Å². The standard InChI is InChI=1S/C14H16O/c1-2-10-3-4-11-5-6-14(7-8-14)13(15)12(11)9-10/h3-4,9H,2,5-8H2,1H3. The monoisotopic (exact) mass is 200 g/mol. The summed E-state index contributed by atoms with van der Waals surface area (Å²) in [6.45, 7) is 2.14. The van der Waals surface area contributed by atoms with Gasteiger partial charge in [0.2, 0.25) is 0 Å². The lowest BCUT2D eigenvalue weighted by atomic mass is 9.79. The van der Waals surface area contributed by atoms with Crippen LogP contribution in [0.25, 0.3) is 0 Å². The molecule has 0 amide bonds. The number of benzene rings is 1. The molecular formula is C14H16O. The number of aryl methyl sites for hydroxylation is 2. The van der Waals surface area contributed by atoms with E-state index in [9.17, 15) is 4.79 Å². The molecule has 1 aromatic carbocycles. The maximum atomic E-state index is 12.3. The summed E-state index contributed by atoms with van der Waals surface area (Å²) >= 11 is 0. The average molecular weight is 200 g/mol. The Kier molecular flexibility index (Phi) is 1.79. The van der Waals surface area contributed by atoms with Crippen molar-refractivity contribution in [1.29, 1.82) is 0 Å². The molecule has 0 N–H and O–H groups in total. The zero-order valence-electron chi connectivity index (χ0n) is 9.18. The summed E-state index contributed by atoms with van der Waals surface area (Å²) in [7, 11) is 0. The van der Waals surface area contributed by atoms with Crippen molar-refractivity contribution in [2.45, 2.75) is 39.0 Å². The van der Waals surface area contributed by atoms with Crippen molar-refractivity contribution in [1.82, 2.24) is 0 Å². The summed E-state index contributed by atoms with van der Waals surface area (Å²) in [6.07, 6.45) is 5.46. The molecule has 0 atom stereocenters. The number of hydrogen-bond acceptors (Lipinski definition) is 1. The second-order valence-corrected chi connectivity index (χ2v) is 4.95. The lowest BCUT2D eigenvalue weighted by Crippen LogP contribution is -2.23. The Morgan fingerprint density at radius 1 is 1.27 bits per heavy atom. The van der Waals surface area contributed by atoms with Crippen LogP contribution in [0.5, 0.6) is 0 Å². The third-order valence-corrected chi connectivity index (χ3v) is 4.04. The second kappa shape index (κ2) is 2.94. The van der Waals surface area contributed by atoms with E-state index in [0.29, 0.717) is 5.78 Å². The Morgan fingerprint density at radius 2 is 2.07 bits per heavy atom. The Morgan fingerprint density at radius 3 is 2.73 bits per heavy atom. The normalized spacial score (nSPS) is 21.5. The number of carbonyl (C=O) groups is 1. The van der Waals surface area contributed by atoms with Crippen LogP contribution in [-0.2, 0) is 12.8 Å².